The number of amides is 1. The van der Waals surface area contributed by atoms with E-state index in [0.717, 1.165) is 12.3 Å². The first-order valence-electron chi connectivity index (χ1n) is 4.66. The van der Waals surface area contributed by atoms with E-state index in [0.29, 0.717) is 0 Å². The Morgan fingerprint density at radius 1 is 1.18 bits per heavy atom. The second kappa shape index (κ2) is 3.73. The van der Waals surface area contributed by atoms with E-state index in [1.807, 2.05) is 0 Å². The van der Waals surface area contributed by atoms with Crippen LogP contribution in [0.2, 0.25) is 0 Å². The SMILES string of the molecule is NC(=O)c1nccc2c(C(F)(F)F)cccc12. The third-order valence-electron chi connectivity index (χ3n) is 2.34. The smallest absolute Gasteiger partial charge is 0.364 e. The van der Waals surface area contributed by atoms with Crippen LogP contribution in [-0.2, 0) is 6.18 Å². The number of benzene rings is 1. The van der Waals surface area contributed by atoms with E-state index >= 15 is 0 Å². The first kappa shape index (κ1) is 11.4. The molecule has 0 radical (unpaired) electrons. The van der Waals surface area contributed by atoms with Crippen molar-refractivity contribution < 1.29 is 18.0 Å². The highest BCUT2D eigenvalue weighted by Crippen LogP contribution is 2.34. The van der Waals surface area contributed by atoms with Gasteiger partial charge in [0.25, 0.3) is 5.91 Å². The summed E-state index contributed by atoms with van der Waals surface area (Å²) in [5.74, 6) is -0.852. The molecule has 3 nitrogen and oxygen atoms in total. The van der Waals surface area contributed by atoms with Gasteiger partial charge in [0.1, 0.15) is 5.69 Å². The number of fused-ring (bicyclic) bond motifs is 1. The molecule has 1 aromatic heterocycles. The summed E-state index contributed by atoms with van der Waals surface area (Å²) in [5.41, 5.74) is 4.09. The fraction of sp³-hybridized carbons (Fsp3) is 0.0909. The predicted octanol–water partition coefficient (Wildman–Crippen LogP) is 2.35. The number of pyridine rings is 1. The Bertz CT molecular complexity index is 593. The van der Waals surface area contributed by atoms with Crippen molar-refractivity contribution in [1.82, 2.24) is 4.98 Å². The summed E-state index contributed by atoms with van der Waals surface area (Å²) in [6.07, 6.45) is -3.34. The molecule has 0 saturated carbocycles. The topological polar surface area (TPSA) is 56.0 Å². The third-order valence-corrected chi connectivity index (χ3v) is 2.34. The minimum Gasteiger partial charge on any atom is -0.364 e. The van der Waals surface area contributed by atoms with E-state index in [-0.39, 0.29) is 16.5 Å². The van der Waals surface area contributed by atoms with Crippen LogP contribution in [0.3, 0.4) is 0 Å². The van der Waals surface area contributed by atoms with E-state index in [4.69, 9.17) is 5.73 Å². The number of alkyl halides is 3. The van der Waals surface area contributed by atoms with Crippen molar-refractivity contribution in [3.63, 3.8) is 0 Å². The molecule has 0 aliphatic rings. The average Bonchev–Trinajstić information content (AvgIpc) is 2.26. The molecule has 0 saturated heterocycles. The Labute approximate surface area is 94.1 Å². The normalized spacial score (nSPS) is 11.7. The Hall–Kier alpha value is -2.11. The zero-order chi connectivity index (χ0) is 12.6. The van der Waals surface area contributed by atoms with Crippen LogP contribution < -0.4 is 5.73 Å². The van der Waals surface area contributed by atoms with Gasteiger partial charge in [-0.05, 0) is 17.5 Å². The lowest BCUT2D eigenvalue weighted by atomic mass is 10.0. The molecule has 0 fully saturated rings. The summed E-state index contributed by atoms with van der Waals surface area (Å²) in [5, 5.41) is 0.0265. The number of rotatable bonds is 1. The Morgan fingerprint density at radius 2 is 1.88 bits per heavy atom. The molecule has 0 unspecified atom stereocenters. The van der Waals surface area contributed by atoms with Gasteiger partial charge < -0.3 is 5.73 Å². The van der Waals surface area contributed by atoms with Crippen molar-refractivity contribution in [2.45, 2.75) is 6.18 Å². The summed E-state index contributed by atoms with van der Waals surface area (Å²) in [7, 11) is 0. The number of aromatic nitrogens is 1. The highest BCUT2D eigenvalue weighted by molar-refractivity contribution is 6.05. The molecule has 88 valence electrons. The minimum atomic E-state index is -4.48. The first-order chi connectivity index (χ1) is 7.91. The minimum absolute atomic E-state index is 0.0798. The maximum atomic E-state index is 12.7. The van der Waals surface area contributed by atoms with Crippen LogP contribution >= 0.6 is 0 Å². The molecule has 2 N–H and O–H groups in total. The number of nitrogens with two attached hydrogens (primary N) is 1. The predicted molar refractivity (Wildman–Crippen MR) is 55.3 cm³/mol. The lowest BCUT2D eigenvalue weighted by molar-refractivity contribution is -0.136. The molecule has 6 heteroatoms. The molecular weight excluding hydrogens is 233 g/mol. The van der Waals surface area contributed by atoms with Gasteiger partial charge in [0.15, 0.2) is 0 Å². The molecule has 1 amide bonds. The fourth-order valence-electron chi connectivity index (χ4n) is 1.65. The molecule has 2 rings (SSSR count). The van der Waals surface area contributed by atoms with Crippen LogP contribution in [-0.4, -0.2) is 10.9 Å². The lowest BCUT2D eigenvalue weighted by Gasteiger charge is -2.10. The van der Waals surface area contributed by atoms with E-state index in [2.05, 4.69) is 4.98 Å². The van der Waals surface area contributed by atoms with E-state index in [9.17, 15) is 18.0 Å². The van der Waals surface area contributed by atoms with E-state index < -0.39 is 17.6 Å². The van der Waals surface area contributed by atoms with Crippen LogP contribution in [0.4, 0.5) is 13.2 Å². The van der Waals surface area contributed by atoms with Crippen LogP contribution in [0.5, 0.6) is 0 Å². The number of carbonyl (C=O) groups excluding carboxylic acids is 1. The summed E-state index contributed by atoms with van der Waals surface area (Å²) >= 11 is 0. The Morgan fingerprint density at radius 3 is 2.47 bits per heavy atom. The molecule has 1 heterocycles. The highest BCUT2D eigenvalue weighted by atomic mass is 19.4. The average molecular weight is 240 g/mol. The van der Waals surface area contributed by atoms with Gasteiger partial charge >= 0.3 is 6.18 Å². The molecular formula is C11H7F3N2O. The molecule has 0 aliphatic heterocycles. The molecule has 17 heavy (non-hydrogen) atoms. The van der Waals surface area contributed by atoms with Crippen molar-refractivity contribution in [2.24, 2.45) is 5.73 Å². The summed E-state index contributed by atoms with van der Waals surface area (Å²) in [6, 6.07) is 4.77. The van der Waals surface area contributed by atoms with Gasteiger partial charge in [-0.25, -0.2) is 0 Å². The molecule has 0 spiro atoms. The lowest BCUT2D eigenvalue weighted by Crippen LogP contribution is -2.14. The van der Waals surface area contributed by atoms with Crippen molar-refractivity contribution in [2.75, 3.05) is 0 Å². The van der Waals surface area contributed by atoms with Gasteiger partial charge in [-0.3, -0.25) is 9.78 Å². The van der Waals surface area contributed by atoms with Crippen LogP contribution in [0.1, 0.15) is 16.1 Å². The third kappa shape index (κ3) is 1.93. The van der Waals surface area contributed by atoms with Crippen molar-refractivity contribution >= 4 is 16.7 Å². The van der Waals surface area contributed by atoms with E-state index in [1.165, 1.54) is 18.2 Å². The number of hydrogen-bond donors (Lipinski definition) is 1. The van der Waals surface area contributed by atoms with Gasteiger partial charge in [-0.15, -0.1) is 0 Å². The Balaban J connectivity index is 2.84. The van der Waals surface area contributed by atoms with Crippen molar-refractivity contribution in [3.05, 3.63) is 41.7 Å². The highest BCUT2D eigenvalue weighted by Gasteiger charge is 2.32. The zero-order valence-corrected chi connectivity index (χ0v) is 8.45. The number of primary amides is 1. The second-order valence-corrected chi connectivity index (χ2v) is 3.42. The monoisotopic (exact) mass is 240 g/mol. The molecule has 0 bridgehead atoms. The van der Waals surface area contributed by atoms with Crippen LogP contribution in [0.25, 0.3) is 10.8 Å². The zero-order valence-electron chi connectivity index (χ0n) is 8.45. The molecule has 0 atom stereocenters. The van der Waals surface area contributed by atoms with Gasteiger partial charge in [-0.1, -0.05) is 12.1 Å². The maximum absolute atomic E-state index is 12.7. The number of halogens is 3. The van der Waals surface area contributed by atoms with Crippen molar-refractivity contribution in [1.29, 1.82) is 0 Å². The summed E-state index contributed by atoms with van der Waals surface area (Å²) in [6.45, 7) is 0. The first-order valence-corrected chi connectivity index (χ1v) is 4.66. The standard InChI is InChI=1S/C11H7F3N2O/c12-11(13,14)8-3-1-2-7-6(8)4-5-16-9(7)10(15)17/h1-5H,(H2,15,17). The molecule has 2 aromatic rings. The summed E-state index contributed by atoms with van der Waals surface area (Å²) in [4.78, 5) is 14.7. The molecule has 0 aliphatic carbocycles. The van der Waals surface area contributed by atoms with Gasteiger partial charge in [0.05, 0.1) is 5.56 Å². The fourth-order valence-corrected chi connectivity index (χ4v) is 1.65. The number of carbonyl (C=O) groups is 1. The van der Waals surface area contributed by atoms with Crippen LogP contribution in [0.15, 0.2) is 30.5 Å². The maximum Gasteiger partial charge on any atom is 0.417 e. The quantitative estimate of drug-likeness (QED) is 0.831. The van der Waals surface area contributed by atoms with Crippen molar-refractivity contribution in [3.8, 4) is 0 Å². The number of hydrogen-bond acceptors (Lipinski definition) is 2. The van der Waals surface area contributed by atoms with E-state index in [1.54, 1.807) is 0 Å². The summed E-state index contributed by atoms with van der Waals surface area (Å²) < 4.78 is 38.1. The van der Waals surface area contributed by atoms with Crippen LogP contribution in [0, 0.1) is 0 Å². The molecule has 1 aromatic carbocycles. The van der Waals surface area contributed by atoms with Gasteiger partial charge in [0, 0.05) is 11.6 Å². The second-order valence-electron chi connectivity index (χ2n) is 3.42. The van der Waals surface area contributed by atoms with Gasteiger partial charge in [-0.2, -0.15) is 13.2 Å². The van der Waals surface area contributed by atoms with Gasteiger partial charge in [0.2, 0.25) is 0 Å². The largest absolute Gasteiger partial charge is 0.417 e. The number of nitrogens with zero attached hydrogens (tertiary/aromatic N) is 1. The Kier molecular flexibility index (Phi) is 2.49.